The third kappa shape index (κ3) is 2.62. The van der Waals surface area contributed by atoms with E-state index in [1.54, 1.807) is 4.90 Å². The molecule has 1 aromatic heterocycles. The van der Waals surface area contributed by atoms with Crippen LogP contribution < -0.4 is 5.73 Å². The van der Waals surface area contributed by atoms with E-state index in [0.29, 0.717) is 10.6 Å². The van der Waals surface area contributed by atoms with E-state index in [1.807, 2.05) is 32.2 Å². The van der Waals surface area contributed by atoms with Gasteiger partial charge in [-0.25, -0.2) is 0 Å². The number of carbonyl (C=O) groups excluding carboxylic acids is 1. The van der Waals surface area contributed by atoms with Crippen LogP contribution in [0.1, 0.15) is 29.9 Å². The third-order valence-corrected chi connectivity index (χ3v) is 5.12. The van der Waals surface area contributed by atoms with Crippen LogP contribution in [0.15, 0.2) is 22.7 Å². The Morgan fingerprint density at radius 3 is 2.84 bits per heavy atom. The number of nitrogen functional groups attached to an aromatic ring is 1. The van der Waals surface area contributed by atoms with Gasteiger partial charge in [0.2, 0.25) is 0 Å². The van der Waals surface area contributed by atoms with Crippen LogP contribution in [0.3, 0.4) is 0 Å². The summed E-state index contributed by atoms with van der Waals surface area (Å²) in [7, 11) is 1.83. The maximum Gasteiger partial charge on any atom is 0.266 e. The second-order valence-electron chi connectivity index (χ2n) is 4.66. The van der Waals surface area contributed by atoms with Gasteiger partial charge in [-0.2, -0.15) is 0 Å². The predicted molar refractivity (Wildman–Crippen MR) is 85.8 cm³/mol. The van der Waals surface area contributed by atoms with E-state index in [-0.39, 0.29) is 11.9 Å². The zero-order valence-corrected chi connectivity index (χ0v) is 13.6. The van der Waals surface area contributed by atoms with Crippen LogP contribution in [0, 0.1) is 0 Å². The molecule has 5 heteroatoms. The number of hydrogen-bond donors (Lipinski definition) is 1. The Bertz CT molecular complexity index is 623. The Morgan fingerprint density at radius 1 is 1.53 bits per heavy atom. The minimum Gasteiger partial charge on any atom is -0.397 e. The molecule has 0 aliphatic rings. The molecule has 1 atom stereocenters. The maximum absolute atomic E-state index is 12.5. The number of carbonyl (C=O) groups is 1. The molecule has 0 bridgehead atoms. The number of rotatable bonds is 3. The van der Waals surface area contributed by atoms with Gasteiger partial charge in [0.05, 0.1) is 5.69 Å². The summed E-state index contributed by atoms with van der Waals surface area (Å²) in [6.07, 6.45) is 0.929. The van der Waals surface area contributed by atoms with Gasteiger partial charge in [0, 0.05) is 27.6 Å². The number of benzene rings is 1. The summed E-state index contributed by atoms with van der Waals surface area (Å²) in [6.45, 7) is 4.11. The van der Waals surface area contributed by atoms with Gasteiger partial charge in [-0.1, -0.05) is 22.9 Å². The molecular formula is C14H17BrN2OS. The van der Waals surface area contributed by atoms with Crippen molar-refractivity contribution < 1.29 is 4.79 Å². The number of thiophene rings is 1. The molecule has 0 saturated carbocycles. The van der Waals surface area contributed by atoms with E-state index >= 15 is 0 Å². The molecule has 2 N–H and O–H groups in total. The highest BCUT2D eigenvalue weighted by Gasteiger charge is 2.22. The normalized spacial score (nSPS) is 12.6. The summed E-state index contributed by atoms with van der Waals surface area (Å²) in [5, 5.41) is 0.945. The fourth-order valence-electron chi connectivity index (χ4n) is 1.88. The highest BCUT2D eigenvalue weighted by molar-refractivity contribution is 9.10. The summed E-state index contributed by atoms with van der Waals surface area (Å²) in [4.78, 5) is 14.9. The molecule has 102 valence electrons. The van der Waals surface area contributed by atoms with Crippen molar-refractivity contribution in [2.45, 2.75) is 26.3 Å². The average molecular weight is 341 g/mol. The van der Waals surface area contributed by atoms with Crippen molar-refractivity contribution in [2.75, 3.05) is 12.8 Å². The molecule has 1 amide bonds. The van der Waals surface area contributed by atoms with Crippen LogP contribution in [0.25, 0.3) is 10.1 Å². The van der Waals surface area contributed by atoms with E-state index in [2.05, 4.69) is 22.9 Å². The van der Waals surface area contributed by atoms with Gasteiger partial charge < -0.3 is 10.6 Å². The molecule has 2 aromatic rings. The van der Waals surface area contributed by atoms with Gasteiger partial charge in [-0.05, 0) is 31.5 Å². The number of fused-ring (bicyclic) bond motifs is 1. The average Bonchev–Trinajstić information content (AvgIpc) is 2.73. The van der Waals surface area contributed by atoms with Crippen molar-refractivity contribution in [3.63, 3.8) is 0 Å². The Balaban J connectivity index is 2.46. The molecule has 1 unspecified atom stereocenters. The lowest BCUT2D eigenvalue weighted by atomic mass is 10.2. The lowest BCUT2D eigenvalue weighted by molar-refractivity contribution is 0.0746. The first-order chi connectivity index (χ1) is 8.95. The first-order valence-electron chi connectivity index (χ1n) is 6.20. The van der Waals surface area contributed by atoms with E-state index in [4.69, 9.17) is 5.73 Å². The minimum absolute atomic E-state index is 0.00386. The Labute approximate surface area is 125 Å². The van der Waals surface area contributed by atoms with Crippen LogP contribution in [-0.4, -0.2) is 23.9 Å². The fourth-order valence-corrected chi connectivity index (χ4v) is 3.33. The van der Waals surface area contributed by atoms with Crippen molar-refractivity contribution in [3.8, 4) is 0 Å². The molecule has 0 spiro atoms. The van der Waals surface area contributed by atoms with Crippen LogP contribution in [0.5, 0.6) is 0 Å². The molecule has 3 nitrogen and oxygen atoms in total. The molecule has 0 aliphatic heterocycles. The Kier molecular flexibility index (Phi) is 4.16. The number of anilines is 1. The lowest BCUT2D eigenvalue weighted by Gasteiger charge is -2.23. The van der Waals surface area contributed by atoms with Gasteiger partial charge in [0.25, 0.3) is 5.91 Å². The molecule has 19 heavy (non-hydrogen) atoms. The molecule has 2 rings (SSSR count). The molecule has 0 aliphatic carbocycles. The number of hydrogen-bond acceptors (Lipinski definition) is 3. The molecule has 0 radical (unpaired) electrons. The molecule has 0 fully saturated rings. The van der Waals surface area contributed by atoms with E-state index in [1.165, 1.54) is 11.3 Å². The zero-order chi connectivity index (χ0) is 14.2. The number of halogens is 1. The topological polar surface area (TPSA) is 46.3 Å². The minimum atomic E-state index is 0.00386. The quantitative estimate of drug-likeness (QED) is 0.913. The molecule has 1 aromatic carbocycles. The van der Waals surface area contributed by atoms with Crippen LogP contribution in [-0.2, 0) is 0 Å². The molecular weight excluding hydrogens is 324 g/mol. The maximum atomic E-state index is 12.5. The van der Waals surface area contributed by atoms with Crippen molar-refractivity contribution in [1.82, 2.24) is 4.90 Å². The molecule has 1 heterocycles. The van der Waals surface area contributed by atoms with E-state index < -0.39 is 0 Å². The largest absolute Gasteiger partial charge is 0.397 e. The van der Waals surface area contributed by atoms with Gasteiger partial charge in [0.15, 0.2) is 0 Å². The second kappa shape index (κ2) is 5.51. The van der Waals surface area contributed by atoms with Crippen molar-refractivity contribution in [1.29, 1.82) is 0 Å². The number of amides is 1. The van der Waals surface area contributed by atoms with Crippen LogP contribution >= 0.6 is 27.3 Å². The second-order valence-corrected chi connectivity index (χ2v) is 6.63. The van der Waals surface area contributed by atoms with E-state index in [0.717, 1.165) is 21.0 Å². The van der Waals surface area contributed by atoms with Crippen LogP contribution in [0.2, 0.25) is 0 Å². The number of nitrogens with two attached hydrogens (primary N) is 1. The first kappa shape index (κ1) is 14.3. The molecule has 0 saturated heterocycles. The summed E-state index contributed by atoms with van der Waals surface area (Å²) < 4.78 is 2.01. The third-order valence-electron chi connectivity index (χ3n) is 3.45. The predicted octanol–water partition coefficient (Wildman–Crippen LogP) is 4.12. The van der Waals surface area contributed by atoms with E-state index in [9.17, 15) is 4.79 Å². The zero-order valence-electron chi connectivity index (χ0n) is 11.2. The summed E-state index contributed by atoms with van der Waals surface area (Å²) >= 11 is 4.89. The van der Waals surface area contributed by atoms with Gasteiger partial charge in [0.1, 0.15) is 4.88 Å². The highest BCUT2D eigenvalue weighted by Crippen LogP contribution is 2.36. The SMILES string of the molecule is CCC(C)N(C)C(=O)c1sc2ccc(Br)cc2c1N. The van der Waals surface area contributed by atoms with Crippen LogP contribution in [0.4, 0.5) is 5.69 Å². The monoisotopic (exact) mass is 340 g/mol. The van der Waals surface area contributed by atoms with Gasteiger partial charge in [-0.15, -0.1) is 11.3 Å². The summed E-state index contributed by atoms with van der Waals surface area (Å²) in [5.41, 5.74) is 6.71. The summed E-state index contributed by atoms with van der Waals surface area (Å²) in [5.74, 6) is 0.00386. The Morgan fingerprint density at radius 2 is 2.21 bits per heavy atom. The smallest absolute Gasteiger partial charge is 0.266 e. The highest BCUT2D eigenvalue weighted by atomic mass is 79.9. The Hall–Kier alpha value is -1.07. The first-order valence-corrected chi connectivity index (χ1v) is 7.81. The lowest BCUT2D eigenvalue weighted by Crippen LogP contribution is -2.34. The van der Waals surface area contributed by atoms with Crippen molar-refractivity contribution in [2.24, 2.45) is 0 Å². The fraction of sp³-hybridized carbons (Fsp3) is 0.357. The van der Waals surface area contributed by atoms with Crippen molar-refractivity contribution in [3.05, 3.63) is 27.5 Å². The number of nitrogens with zero attached hydrogens (tertiary/aromatic N) is 1. The van der Waals surface area contributed by atoms with Crippen molar-refractivity contribution >= 4 is 48.9 Å². The van der Waals surface area contributed by atoms with Gasteiger partial charge in [-0.3, -0.25) is 4.79 Å². The standard InChI is InChI=1S/C14H17BrN2OS/c1-4-8(2)17(3)14(18)13-12(16)10-7-9(15)5-6-11(10)19-13/h5-8H,4,16H2,1-3H3. The van der Waals surface area contributed by atoms with Gasteiger partial charge >= 0.3 is 0 Å². The summed E-state index contributed by atoms with van der Waals surface area (Å²) in [6, 6.07) is 6.12.